The zero-order valence-electron chi connectivity index (χ0n) is 10.3. The molecular formula is C10H18O7. The minimum Gasteiger partial charge on any atom is -0.467 e. The van der Waals surface area contributed by atoms with E-state index in [4.69, 9.17) is 9.47 Å². The smallest absolute Gasteiger partial charge is 0.338 e. The highest BCUT2D eigenvalue weighted by atomic mass is 16.7. The number of hydrogen-bond donors (Lipinski definition) is 1. The lowest BCUT2D eigenvalue weighted by molar-refractivity contribution is -0.206. The molecule has 3 atom stereocenters. The molecule has 7 nitrogen and oxygen atoms in total. The van der Waals surface area contributed by atoms with Gasteiger partial charge in [-0.2, -0.15) is 0 Å². The van der Waals surface area contributed by atoms with Gasteiger partial charge in [0.25, 0.3) is 0 Å². The van der Waals surface area contributed by atoms with E-state index >= 15 is 0 Å². The van der Waals surface area contributed by atoms with Gasteiger partial charge >= 0.3 is 11.9 Å². The third-order valence-electron chi connectivity index (χ3n) is 1.90. The van der Waals surface area contributed by atoms with Crippen molar-refractivity contribution in [2.45, 2.75) is 32.3 Å². The van der Waals surface area contributed by atoms with Gasteiger partial charge in [0.05, 0.1) is 14.2 Å². The van der Waals surface area contributed by atoms with Gasteiger partial charge in [0.1, 0.15) is 0 Å². The van der Waals surface area contributed by atoms with Gasteiger partial charge in [-0.3, -0.25) is 0 Å². The van der Waals surface area contributed by atoms with Crippen LogP contribution in [0.15, 0.2) is 0 Å². The molecule has 0 aliphatic rings. The van der Waals surface area contributed by atoms with E-state index in [1.165, 1.54) is 6.92 Å². The van der Waals surface area contributed by atoms with Gasteiger partial charge < -0.3 is 24.1 Å². The molecule has 0 saturated heterocycles. The molecule has 0 rings (SSSR count). The first-order chi connectivity index (χ1) is 7.97. The van der Waals surface area contributed by atoms with Crippen LogP contribution in [0.5, 0.6) is 0 Å². The van der Waals surface area contributed by atoms with E-state index in [2.05, 4.69) is 9.47 Å². The Morgan fingerprint density at radius 3 is 2.12 bits per heavy atom. The second-order valence-corrected chi connectivity index (χ2v) is 3.07. The minimum absolute atomic E-state index is 0.364. The monoisotopic (exact) mass is 250 g/mol. The second kappa shape index (κ2) is 7.99. The Hall–Kier alpha value is -1.18. The second-order valence-electron chi connectivity index (χ2n) is 3.07. The van der Waals surface area contributed by atoms with Gasteiger partial charge in [0, 0.05) is 6.61 Å². The van der Waals surface area contributed by atoms with E-state index in [9.17, 15) is 14.7 Å². The molecule has 0 fully saturated rings. The van der Waals surface area contributed by atoms with E-state index in [1.54, 1.807) is 6.92 Å². The van der Waals surface area contributed by atoms with Crippen LogP contribution in [-0.2, 0) is 28.5 Å². The van der Waals surface area contributed by atoms with Crippen LogP contribution < -0.4 is 0 Å². The molecule has 1 N–H and O–H groups in total. The van der Waals surface area contributed by atoms with Gasteiger partial charge in [0.15, 0.2) is 18.5 Å². The molecule has 17 heavy (non-hydrogen) atoms. The Bertz CT molecular complexity index is 253. The normalized spacial score (nSPS) is 15.8. The van der Waals surface area contributed by atoms with Gasteiger partial charge in [-0.25, -0.2) is 9.59 Å². The maximum Gasteiger partial charge on any atom is 0.338 e. The summed E-state index contributed by atoms with van der Waals surface area (Å²) < 4.78 is 18.8. The summed E-state index contributed by atoms with van der Waals surface area (Å²) in [4.78, 5) is 22.5. The van der Waals surface area contributed by atoms with Crippen molar-refractivity contribution < 1.29 is 33.6 Å². The molecule has 0 aliphatic carbocycles. The molecule has 0 heterocycles. The Morgan fingerprint density at radius 2 is 1.71 bits per heavy atom. The average Bonchev–Trinajstić information content (AvgIpc) is 2.33. The van der Waals surface area contributed by atoms with Gasteiger partial charge in [-0.05, 0) is 13.8 Å². The van der Waals surface area contributed by atoms with Crippen LogP contribution in [0, 0.1) is 0 Å². The molecule has 0 saturated carbocycles. The van der Waals surface area contributed by atoms with E-state index in [0.29, 0.717) is 6.61 Å². The van der Waals surface area contributed by atoms with Gasteiger partial charge in [0.2, 0.25) is 0 Å². The number of aliphatic hydroxyl groups excluding tert-OH is 1. The molecule has 0 aromatic carbocycles. The number of carbonyl (C=O) groups excluding carboxylic acids is 2. The molecule has 0 amide bonds. The largest absolute Gasteiger partial charge is 0.467 e. The highest BCUT2D eigenvalue weighted by Crippen LogP contribution is 2.08. The Morgan fingerprint density at radius 1 is 1.18 bits per heavy atom. The van der Waals surface area contributed by atoms with Gasteiger partial charge in [-0.15, -0.1) is 0 Å². The quantitative estimate of drug-likeness (QED) is 0.479. The predicted molar refractivity (Wildman–Crippen MR) is 56.0 cm³/mol. The number of hydrogen-bond acceptors (Lipinski definition) is 7. The van der Waals surface area contributed by atoms with Crippen LogP contribution in [0.4, 0.5) is 0 Å². The van der Waals surface area contributed by atoms with Crippen LogP contribution >= 0.6 is 0 Å². The summed E-state index contributed by atoms with van der Waals surface area (Å²) in [5, 5.41) is 9.54. The summed E-state index contributed by atoms with van der Waals surface area (Å²) in [6.45, 7) is 3.64. The van der Waals surface area contributed by atoms with Crippen molar-refractivity contribution in [1.29, 1.82) is 0 Å². The fourth-order valence-electron chi connectivity index (χ4n) is 1.10. The maximum atomic E-state index is 11.3. The van der Waals surface area contributed by atoms with Crippen molar-refractivity contribution in [3.8, 4) is 0 Å². The SMILES string of the molecule is CCOC(C)OC(C(=O)OC)C(O)C(=O)OC. The maximum absolute atomic E-state index is 11.3. The van der Waals surface area contributed by atoms with Crippen LogP contribution in [0.2, 0.25) is 0 Å². The van der Waals surface area contributed by atoms with E-state index in [-0.39, 0.29) is 0 Å². The third-order valence-corrected chi connectivity index (χ3v) is 1.90. The fourth-order valence-corrected chi connectivity index (χ4v) is 1.10. The van der Waals surface area contributed by atoms with Gasteiger partial charge in [-0.1, -0.05) is 0 Å². The van der Waals surface area contributed by atoms with E-state index in [1.807, 2.05) is 0 Å². The molecule has 0 aliphatic heterocycles. The molecule has 7 heteroatoms. The highest BCUT2D eigenvalue weighted by Gasteiger charge is 2.36. The number of esters is 2. The van der Waals surface area contributed by atoms with Crippen LogP contribution in [0.1, 0.15) is 13.8 Å². The summed E-state index contributed by atoms with van der Waals surface area (Å²) in [5.41, 5.74) is 0. The third kappa shape index (κ3) is 5.12. The van der Waals surface area contributed by atoms with Crippen LogP contribution in [0.25, 0.3) is 0 Å². The van der Waals surface area contributed by atoms with Crippen molar-refractivity contribution in [3.63, 3.8) is 0 Å². The topological polar surface area (TPSA) is 91.3 Å². The first kappa shape index (κ1) is 15.8. The molecule has 0 aromatic rings. The molecule has 0 aromatic heterocycles. The fraction of sp³-hybridized carbons (Fsp3) is 0.800. The van der Waals surface area contributed by atoms with E-state index < -0.39 is 30.4 Å². The number of carbonyl (C=O) groups is 2. The highest BCUT2D eigenvalue weighted by molar-refractivity contribution is 5.85. The Balaban J connectivity index is 4.64. The zero-order valence-corrected chi connectivity index (χ0v) is 10.3. The number of methoxy groups -OCH3 is 2. The van der Waals surface area contributed by atoms with Crippen molar-refractivity contribution >= 4 is 11.9 Å². The van der Waals surface area contributed by atoms with Crippen LogP contribution in [-0.4, -0.2) is 56.4 Å². The molecule has 100 valence electrons. The van der Waals surface area contributed by atoms with Crippen molar-refractivity contribution in [3.05, 3.63) is 0 Å². The summed E-state index contributed by atoms with van der Waals surface area (Å²) in [6.07, 6.45) is -3.99. The minimum atomic E-state index is -1.75. The standard InChI is InChI=1S/C10H18O7/c1-5-16-6(2)17-8(10(13)15-4)7(11)9(12)14-3/h6-8,11H,5H2,1-4H3. The Kier molecular flexibility index (Phi) is 7.44. The van der Waals surface area contributed by atoms with E-state index in [0.717, 1.165) is 14.2 Å². The molecule has 0 radical (unpaired) electrons. The Labute approximate surface area is 99.6 Å². The lowest BCUT2D eigenvalue weighted by Gasteiger charge is -2.22. The van der Waals surface area contributed by atoms with Crippen LogP contribution in [0.3, 0.4) is 0 Å². The molecule has 0 spiro atoms. The summed E-state index contributed by atoms with van der Waals surface area (Å²) in [5.74, 6) is -1.86. The first-order valence-corrected chi connectivity index (χ1v) is 5.08. The number of aliphatic hydroxyl groups is 1. The zero-order chi connectivity index (χ0) is 13.4. The molecule has 0 bridgehead atoms. The predicted octanol–water partition coefficient (Wildman–Crippen LogP) is -0.539. The van der Waals surface area contributed by atoms with Crippen molar-refractivity contribution in [2.75, 3.05) is 20.8 Å². The molecular weight excluding hydrogens is 232 g/mol. The summed E-state index contributed by atoms with van der Waals surface area (Å²) in [7, 11) is 2.21. The average molecular weight is 250 g/mol. The first-order valence-electron chi connectivity index (χ1n) is 5.08. The lowest BCUT2D eigenvalue weighted by atomic mass is 10.2. The summed E-state index contributed by atoms with van der Waals surface area (Å²) in [6, 6.07) is 0. The lowest BCUT2D eigenvalue weighted by Crippen LogP contribution is -2.45. The van der Waals surface area contributed by atoms with Crippen molar-refractivity contribution in [1.82, 2.24) is 0 Å². The van der Waals surface area contributed by atoms with Crippen molar-refractivity contribution in [2.24, 2.45) is 0 Å². The molecule has 3 unspecified atom stereocenters. The number of rotatable bonds is 7. The number of ether oxygens (including phenoxy) is 4. The summed E-state index contributed by atoms with van der Waals surface area (Å²) >= 11 is 0.